The van der Waals surface area contributed by atoms with Crippen LogP contribution in [-0.4, -0.2) is 26.4 Å². The number of hydrogen-bond acceptors (Lipinski definition) is 6. The van der Waals surface area contributed by atoms with E-state index in [0.717, 1.165) is 30.9 Å². The van der Waals surface area contributed by atoms with E-state index in [-0.39, 0.29) is 34.0 Å². The van der Waals surface area contributed by atoms with E-state index >= 15 is 0 Å². The van der Waals surface area contributed by atoms with Gasteiger partial charge in [0.1, 0.15) is 5.75 Å². The number of rotatable bonds is 7. The zero-order chi connectivity index (χ0) is 24.3. The molecule has 10 heteroatoms. The molecule has 0 spiro atoms. The van der Waals surface area contributed by atoms with Crippen molar-refractivity contribution in [1.82, 2.24) is 5.32 Å². The number of sulfonamides is 1. The van der Waals surface area contributed by atoms with E-state index in [0.29, 0.717) is 5.56 Å². The summed E-state index contributed by atoms with van der Waals surface area (Å²) >= 11 is 0. The van der Waals surface area contributed by atoms with Crippen molar-refractivity contribution >= 4 is 27.3 Å². The summed E-state index contributed by atoms with van der Waals surface area (Å²) in [5.41, 5.74) is 2.32. The minimum atomic E-state index is -4.08. The lowest BCUT2D eigenvalue weighted by Gasteiger charge is -2.26. The van der Waals surface area contributed by atoms with Gasteiger partial charge in [0.2, 0.25) is 0 Å². The van der Waals surface area contributed by atoms with Crippen LogP contribution in [0.15, 0.2) is 71.6 Å². The normalized spacial score (nSPS) is 15.1. The van der Waals surface area contributed by atoms with Gasteiger partial charge in [0, 0.05) is 17.7 Å². The van der Waals surface area contributed by atoms with Crippen molar-refractivity contribution in [3.8, 4) is 5.75 Å². The summed E-state index contributed by atoms with van der Waals surface area (Å²) in [5, 5.41) is 14.1. The fourth-order valence-corrected chi connectivity index (χ4v) is 5.09. The highest BCUT2D eigenvalue weighted by atomic mass is 32.2. The summed E-state index contributed by atoms with van der Waals surface area (Å²) in [6.07, 6.45) is 2.80. The van der Waals surface area contributed by atoms with Crippen LogP contribution in [-0.2, 0) is 16.4 Å². The molecule has 0 aliphatic heterocycles. The average Bonchev–Trinajstić information content (AvgIpc) is 2.84. The number of carbonyl (C=O) groups is 1. The van der Waals surface area contributed by atoms with Crippen LogP contribution in [0.5, 0.6) is 5.75 Å². The molecule has 0 saturated heterocycles. The molecule has 34 heavy (non-hydrogen) atoms. The van der Waals surface area contributed by atoms with Crippen molar-refractivity contribution in [2.75, 3.05) is 11.8 Å². The Morgan fingerprint density at radius 1 is 1.09 bits per heavy atom. The number of ether oxygens (including phenoxy) is 1. The maximum absolute atomic E-state index is 12.8. The molecule has 1 aliphatic rings. The number of methoxy groups -OCH3 is 1. The van der Waals surface area contributed by atoms with Gasteiger partial charge < -0.3 is 10.1 Å². The van der Waals surface area contributed by atoms with E-state index in [4.69, 9.17) is 4.74 Å². The Kier molecular flexibility index (Phi) is 6.51. The van der Waals surface area contributed by atoms with Gasteiger partial charge >= 0.3 is 0 Å². The van der Waals surface area contributed by atoms with Crippen molar-refractivity contribution in [3.63, 3.8) is 0 Å². The molecule has 176 valence electrons. The number of nitro benzene ring substituents is 1. The molecule has 0 fully saturated rings. The van der Waals surface area contributed by atoms with E-state index in [1.165, 1.54) is 49.1 Å². The van der Waals surface area contributed by atoms with E-state index in [2.05, 4.69) is 16.1 Å². The molecule has 0 heterocycles. The topological polar surface area (TPSA) is 128 Å². The molecule has 3 aromatic rings. The fourth-order valence-electron chi connectivity index (χ4n) is 4.02. The molecule has 0 aromatic heterocycles. The van der Waals surface area contributed by atoms with E-state index in [1.807, 2.05) is 18.2 Å². The molecular formula is C24H23N3O6S. The number of non-ortho nitro benzene ring substituents is 1. The number of nitrogens with zero attached hydrogens (tertiary/aromatic N) is 1. The molecule has 1 atom stereocenters. The number of anilines is 1. The molecule has 1 aliphatic carbocycles. The number of nitrogens with one attached hydrogen (secondary N) is 2. The zero-order valence-corrected chi connectivity index (χ0v) is 19.2. The van der Waals surface area contributed by atoms with Crippen LogP contribution in [0.25, 0.3) is 0 Å². The third kappa shape index (κ3) is 4.86. The lowest BCUT2D eigenvalue weighted by molar-refractivity contribution is -0.384. The predicted octanol–water partition coefficient (Wildman–Crippen LogP) is 4.21. The lowest BCUT2D eigenvalue weighted by Crippen LogP contribution is -2.31. The highest BCUT2D eigenvalue weighted by molar-refractivity contribution is 7.92. The Labute approximate surface area is 197 Å². The number of nitro groups is 1. The Bertz CT molecular complexity index is 1340. The Hall–Kier alpha value is -3.92. The largest absolute Gasteiger partial charge is 0.495 e. The molecule has 0 radical (unpaired) electrons. The quantitative estimate of drug-likeness (QED) is 0.384. The summed E-state index contributed by atoms with van der Waals surface area (Å²) in [6, 6.07) is 17.0. The smallest absolute Gasteiger partial charge is 0.271 e. The third-order valence-electron chi connectivity index (χ3n) is 5.74. The van der Waals surface area contributed by atoms with Crippen LogP contribution >= 0.6 is 0 Å². The van der Waals surface area contributed by atoms with Crippen LogP contribution in [0.4, 0.5) is 11.4 Å². The minimum absolute atomic E-state index is 0.0607. The predicted molar refractivity (Wildman–Crippen MR) is 126 cm³/mol. The Balaban J connectivity index is 1.51. The Morgan fingerprint density at radius 2 is 1.82 bits per heavy atom. The monoisotopic (exact) mass is 481 g/mol. The van der Waals surface area contributed by atoms with Gasteiger partial charge in [0.25, 0.3) is 21.6 Å². The van der Waals surface area contributed by atoms with Gasteiger partial charge in [-0.25, -0.2) is 8.42 Å². The number of amides is 1. The van der Waals surface area contributed by atoms with E-state index < -0.39 is 14.9 Å². The first kappa shape index (κ1) is 23.2. The number of carbonyl (C=O) groups excluding carboxylic acids is 1. The van der Waals surface area contributed by atoms with E-state index in [1.54, 1.807) is 0 Å². The van der Waals surface area contributed by atoms with Gasteiger partial charge in [-0.05, 0) is 60.7 Å². The highest BCUT2D eigenvalue weighted by Gasteiger charge is 2.23. The first-order valence-corrected chi connectivity index (χ1v) is 12.1. The molecule has 1 amide bonds. The molecule has 1 unspecified atom stereocenters. The van der Waals surface area contributed by atoms with Crippen LogP contribution in [0.2, 0.25) is 0 Å². The second-order valence-electron chi connectivity index (χ2n) is 7.89. The summed E-state index contributed by atoms with van der Waals surface area (Å²) in [7, 11) is -2.75. The maximum Gasteiger partial charge on any atom is 0.271 e. The van der Waals surface area contributed by atoms with Crippen molar-refractivity contribution in [1.29, 1.82) is 0 Å². The average molecular weight is 482 g/mol. The van der Waals surface area contributed by atoms with Gasteiger partial charge in [-0.2, -0.15) is 0 Å². The highest BCUT2D eigenvalue weighted by Crippen LogP contribution is 2.31. The number of hydrogen-bond donors (Lipinski definition) is 2. The summed E-state index contributed by atoms with van der Waals surface area (Å²) in [4.78, 5) is 23.1. The standard InChI is InChI=1S/C24H23N3O6S/c1-33-23-14-11-18(27(29)30)15-22(23)26-34(31,32)19-12-9-17(10-13-19)24(28)25-21-8-4-6-16-5-2-3-7-20(16)21/h2-3,5,7,9-15,21,26H,4,6,8H2,1H3,(H,25,28). The molecule has 9 nitrogen and oxygen atoms in total. The summed E-state index contributed by atoms with van der Waals surface area (Å²) in [6.45, 7) is 0. The van der Waals surface area contributed by atoms with Crippen molar-refractivity contribution < 1.29 is 22.9 Å². The van der Waals surface area contributed by atoms with Crippen molar-refractivity contribution in [3.05, 3.63) is 93.5 Å². The van der Waals surface area contributed by atoms with Gasteiger partial charge in [-0.1, -0.05) is 24.3 Å². The minimum Gasteiger partial charge on any atom is -0.495 e. The van der Waals surface area contributed by atoms with Crippen molar-refractivity contribution in [2.45, 2.75) is 30.2 Å². The van der Waals surface area contributed by atoms with Gasteiger partial charge in [0.05, 0.1) is 28.7 Å². The van der Waals surface area contributed by atoms with E-state index in [9.17, 15) is 23.3 Å². The third-order valence-corrected chi connectivity index (χ3v) is 7.12. The second-order valence-corrected chi connectivity index (χ2v) is 9.57. The first-order chi connectivity index (χ1) is 16.3. The lowest BCUT2D eigenvalue weighted by atomic mass is 9.87. The second kappa shape index (κ2) is 9.52. The zero-order valence-electron chi connectivity index (χ0n) is 18.4. The molecule has 3 aromatic carbocycles. The summed E-state index contributed by atoms with van der Waals surface area (Å²) in [5.74, 6) is -0.156. The van der Waals surface area contributed by atoms with Crippen LogP contribution in [0.1, 0.15) is 40.4 Å². The number of aryl methyl sites for hydroxylation is 1. The van der Waals surface area contributed by atoms with Gasteiger partial charge in [-0.15, -0.1) is 0 Å². The van der Waals surface area contributed by atoms with Gasteiger partial charge in [-0.3, -0.25) is 19.6 Å². The maximum atomic E-state index is 12.8. The fraction of sp³-hybridized carbons (Fsp3) is 0.208. The molecule has 2 N–H and O–H groups in total. The van der Waals surface area contributed by atoms with Crippen LogP contribution < -0.4 is 14.8 Å². The van der Waals surface area contributed by atoms with Crippen molar-refractivity contribution in [2.24, 2.45) is 0 Å². The van der Waals surface area contributed by atoms with Crippen LogP contribution in [0.3, 0.4) is 0 Å². The Morgan fingerprint density at radius 3 is 2.53 bits per heavy atom. The SMILES string of the molecule is COc1ccc([N+](=O)[O-])cc1NS(=O)(=O)c1ccc(C(=O)NC2CCCc3ccccc32)cc1. The van der Waals surface area contributed by atoms with Gasteiger partial charge in [0.15, 0.2) is 0 Å². The molecule has 0 saturated carbocycles. The summed E-state index contributed by atoms with van der Waals surface area (Å²) < 4.78 is 33.1. The van der Waals surface area contributed by atoms with Crippen LogP contribution in [0, 0.1) is 10.1 Å². The number of benzene rings is 3. The number of fused-ring (bicyclic) bond motifs is 1. The molecule has 4 rings (SSSR count). The molecule has 0 bridgehead atoms. The molecular weight excluding hydrogens is 458 g/mol. The first-order valence-electron chi connectivity index (χ1n) is 10.6.